The van der Waals surface area contributed by atoms with Gasteiger partial charge in [-0.15, -0.1) is 0 Å². The van der Waals surface area contributed by atoms with Crippen LogP contribution in [0.2, 0.25) is 0 Å². The van der Waals surface area contributed by atoms with Crippen LogP contribution < -0.4 is 15.5 Å². The van der Waals surface area contributed by atoms with Crippen molar-refractivity contribution in [3.05, 3.63) is 24.3 Å². The van der Waals surface area contributed by atoms with E-state index in [1.54, 1.807) is 0 Å². The number of rotatable bonds is 5. The van der Waals surface area contributed by atoms with Gasteiger partial charge < -0.3 is 15.5 Å². The zero-order valence-corrected chi connectivity index (χ0v) is 15.0. The molecular weight excluding hydrogens is 298 g/mol. The first-order valence-electron chi connectivity index (χ1n) is 9.02. The van der Waals surface area contributed by atoms with Crippen molar-refractivity contribution >= 4 is 22.7 Å². The number of aromatic nitrogens is 2. The van der Waals surface area contributed by atoms with Gasteiger partial charge in [-0.25, -0.2) is 4.98 Å². The lowest BCUT2D eigenvalue weighted by Crippen LogP contribution is -2.22. The lowest BCUT2D eigenvalue weighted by atomic mass is 10.0. The van der Waals surface area contributed by atoms with Gasteiger partial charge in [-0.2, -0.15) is 4.98 Å². The maximum atomic E-state index is 4.77. The summed E-state index contributed by atoms with van der Waals surface area (Å²) in [6.45, 7) is 1.13. The Kier molecular flexibility index (Phi) is 5.51. The summed E-state index contributed by atoms with van der Waals surface area (Å²) >= 11 is 0. The molecule has 2 unspecified atom stereocenters. The van der Waals surface area contributed by atoms with E-state index in [0.717, 1.165) is 35.1 Å². The highest BCUT2D eigenvalue weighted by Crippen LogP contribution is 2.27. The normalized spacial score (nSPS) is 21.5. The first kappa shape index (κ1) is 17.0. The van der Waals surface area contributed by atoms with E-state index in [9.17, 15) is 0 Å². The van der Waals surface area contributed by atoms with Gasteiger partial charge in [-0.3, -0.25) is 0 Å². The first-order valence-corrected chi connectivity index (χ1v) is 9.02. The molecule has 0 amide bonds. The smallest absolute Gasteiger partial charge is 0.225 e. The van der Waals surface area contributed by atoms with Crippen LogP contribution in [0, 0.1) is 5.92 Å². The molecule has 24 heavy (non-hydrogen) atoms. The molecule has 0 bridgehead atoms. The fraction of sp³-hybridized carbons (Fsp3) is 0.579. The highest BCUT2D eigenvalue weighted by atomic mass is 15.2. The predicted octanol–water partition coefficient (Wildman–Crippen LogP) is 3.28. The van der Waals surface area contributed by atoms with Gasteiger partial charge in [-0.05, 0) is 57.3 Å². The number of benzene rings is 1. The minimum absolute atomic E-state index is 0.475. The predicted molar refractivity (Wildman–Crippen MR) is 102 cm³/mol. The van der Waals surface area contributed by atoms with Crippen LogP contribution in [-0.4, -0.2) is 43.7 Å². The summed E-state index contributed by atoms with van der Waals surface area (Å²) in [5.74, 6) is 2.54. The van der Waals surface area contributed by atoms with Crippen LogP contribution in [-0.2, 0) is 0 Å². The summed E-state index contributed by atoms with van der Waals surface area (Å²) in [6, 6.07) is 8.70. The Morgan fingerprint density at radius 1 is 1.08 bits per heavy atom. The van der Waals surface area contributed by atoms with E-state index in [4.69, 9.17) is 9.97 Å². The van der Waals surface area contributed by atoms with Crippen molar-refractivity contribution in [3.8, 4) is 0 Å². The van der Waals surface area contributed by atoms with Crippen LogP contribution in [0.1, 0.15) is 32.1 Å². The average Bonchev–Trinajstić information content (AvgIpc) is 2.80. The van der Waals surface area contributed by atoms with E-state index < -0.39 is 0 Å². The zero-order valence-electron chi connectivity index (χ0n) is 15.0. The molecule has 0 spiro atoms. The molecule has 2 aromatic rings. The van der Waals surface area contributed by atoms with Gasteiger partial charge in [0.25, 0.3) is 0 Å². The third-order valence-electron chi connectivity index (χ3n) is 4.92. The molecule has 2 atom stereocenters. The molecule has 130 valence electrons. The molecule has 2 N–H and O–H groups in total. The second-order valence-corrected chi connectivity index (χ2v) is 7.06. The Bertz CT molecular complexity index is 670. The fourth-order valence-corrected chi connectivity index (χ4v) is 3.66. The molecule has 1 aromatic carbocycles. The summed E-state index contributed by atoms with van der Waals surface area (Å²) in [7, 11) is 6.12. The number of hydrogen-bond donors (Lipinski definition) is 2. The Morgan fingerprint density at radius 2 is 1.92 bits per heavy atom. The Labute approximate surface area is 144 Å². The second-order valence-electron chi connectivity index (χ2n) is 7.06. The number of fused-ring (bicyclic) bond motifs is 1. The summed E-state index contributed by atoms with van der Waals surface area (Å²) in [5, 5.41) is 8.02. The molecular formula is C19H29N5. The second kappa shape index (κ2) is 7.79. The van der Waals surface area contributed by atoms with Crippen molar-refractivity contribution in [2.75, 3.05) is 37.9 Å². The van der Waals surface area contributed by atoms with Crippen molar-refractivity contribution < 1.29 is 0 Å². The summed E-state index contributed by atoms with van der Waals surface area (Å²) < 4.78 is 0. The standard InChI is InChI=1S/C19H29N5/c1-20-13-14-7-6-8-15(12-11-14)21-19-22-17-10-5-4-9-16(17)18(23-19)24(2)3/h4-5,9-10,14-15,20H,6-8,11-13H2,1-3H3,(H,21,22,23). The molecule has 1 saturated carbocycles. The van der Waals surface area contributed by atoms with Gasteiger partial charge in [-0.1, -0.05) is 18.6 Å². The molecule has 0 radical (unpaired) electrons. The van der Waals surface area contributed by atoms with Crippen LogP contribution in [0.15, 0.2) is 24.3 Å². The Hall–Kier alpha value is -1.88. The monoisotopic (exact) mass is 327 g/mol. The molecule has 1 fully saturated rings. The van der Waals surface area contributed by atoms with E-state index in [-0.39, 0.29) is 0 Å². The molecule has 0 aliphatic heterocycles. The summed E-state index contributed by atoms with van der Waals surface area (Å²) in [5.41, 5.74) is 1.00. The van der Waals surface area contributed by atoms with Crippen LogP contribution >= 0.6 is 0 Å². The molecule has 5 nitrogen and oxygen atoms in total. The van der Waals surface area contributed by atoms with Crippen molar-refractivity contribution in [3.63, 3.8) is 0 Å². The zero-order chi connectivity index (χ0) is 16.9. The first-order chi connectivity index (χ1) is 11.7. The molecule has 0 saturated heterocycles. The van der Waals surface area contributed by atoms with Crippen molar-refractivity contribution in [2.24, 2.45) is 5.92 Å². The largest absolute Gasteiger partial charge is 0.362 e. The highest BCUT2D eigenvalue weighted by molar-refractivity contribution is 5.90. The fourth-order valence-electron chi connectivity index (χ4n) is 3.66. The van der Waals surface area contributed by atoms with Crippen LogP contribution in [0.25, 0.3) is 10.9 Å². The third-order valence-corrected chi connectivity index (χ3v) is 4.92. The topological polar surface area (TPSA) is 53.1 Å². The van der Waals surface area contributed by atoms with Gasteiger partial charge in [0.2, 0.25) is 5.95 Å². The number of anilines is 2. The lowest BCUT2D eigenvalue weighted by molar-refractivity contribution is 0.439. The van der Waals surface area contributed by atoms with Gasteiger partial charge in [0.1, 0.15) is 5.82 Å². The van der Waals surface area contributed by atoms with Gasteiger partial charge >= 0.3 is 0 Å². The third kappa shape index (κ3) is 3.96. The van der Waals surface area contributed by atoms with E-state index in [1.165, 1.54) is 32.1 Å². The average molecular weight is 327 g/mol. The minimum atomic E-state index is 0.475. The summed E-state index contributed by atoms with van der Waals surface area (Å²) in [4.78, 5) is 11.6. The molecule has 1 aliphatic rings. The van der Waals surface area contributed by atoms with Crippen LogP contribution in [0.3, 0.4) is 0 Å². The highest BCUT2D eigenvalue weighted by Gasteiger charge is 2.19. The van der Waals surface area contributed by atoms with Gasteiger partial charge in [0, 0.05) is 25.5 Å². The number of hydrogen-bond acceptors (Lipinski definition) is 5. The molecule has 3 rings (SSSR count). The van der Waals surface area contributed by atoms with Crippen molar-refractivity contribution in [1.82, 2.24) is 15.3 Å². The molecule has 1 aliphatic carbocycles. The van der Waals surface area contributed by atoms with Gasteiger partial charge in [0.15, 0.2) is 0 Å². The lowest BCUT2D eigenvalue weighted by Gasteiger charge is -2.20. The van der Waals surface area contributed by atoms with E-state index >= 15 is 0 Å². The van der Waals surface area contributed by atoms with Gasteiger partial charge in [0.05, 0.1) is 5.52 Å². The Morgan fingerprint density at radius 3 is 2.71 bits per heavy atom. The number of nitrogens with zero attached hydrogens (tertiary/aromatic N) is 3. The number of para-hydroxylation sites is 1. The van der Waals surface area contributed by atoms with Crippen LogP contribution in [0.4, 0.5) is 11.8 Å². The number of nitrogens with one attached hydrogen (secondary N) is 2. The SMILES string of the molecule is CNCC1CCCC(Nc2nc(N(C)C)c3ccccc3n2)CC1. The van der Waals surface area contributed by atoms with E-state index in [0.29, 0.717) is 6.04 Å². The Balaban J connectivity index is 1.77. The molecule has 5 heteroatoms. The van der Waals surface area contributed by atoms with Crippen molar-refractivity contribution in [2.45, 2.75) is 38.1 Å². The maximum Gasteiger partial charge on any atom is 0.225 e. The van der Waals surface area contributed by atoms with Crippen LogP contribution in [0.5, 0.6) is 0 Å². The van der Waals surface area contributed by atoms with Crippen molar-refractivity contribution in [1.29, 1.82) is 0 Å². The summed E-state index contributed by atoms with van der Waals surface area (Å²) in [6.07, 6.45) is 6.26. The maximum absolute atomic E-state index is 4.77. The van der Waals surface area contributed by atoms with E-state index in [1.807, 2.05) is 33.3 Å². The molecule has 1 aromatic heterocycles. The molecule has 1 heterocycles. The quantitative estimate of drug-likeness (QED) is 0.826. The van der Waals surface area contributed by atoms with E-state index in [2.05, 4.69) is 27.7 Å². The minimum Gasteiger partial charge on any atom is -0.362 e.